The number of nitrogens with zero attached hydrogens (tertiary/aromatic N) is 1. The Balaban J connectivity index is 1.84. The zero-order valence-corrected chi connectivity index (χ0v) is 11.7. The number of fused-ring (bicyclic) bond motifs is 1. The molecular weight excluding hydrogens is 258 g/mol. The maximum Gasteiger partial charge on any atom is 0.251 e. The molecule has 1 fully saturated rings. The number of aromatic nitrogens is 1. The second kappa shape index (κ2) is 4.49. The van der Waals surface area contributed by atoms with Crippen LogP contribution in [-0.2, 0) is 0 Å². The fourth-order valence-corrected chi connectivity index (χ4v) is 3.34. The van der Waals surface area contributed by atoms with Gasteiger partial charge in [0.15, 0.2) is 5.13 Å². The average Bonchev–Trinajstić information content (AvgIpc) is 2.72. The molecule has 0 bridgehead atoms. The molecule has 3 N–H and O–H groups in total. The van der Waals surface area contributed by atoms with Crippen LogP contribution in [0.2, 0.25) is 0 Å². The number of benzene rings is 1. The van der Waals surface area contributed by atoms with Gasteiger partial charge in [-0.15, -0.1) is 0 Å². The first kappa shape index (κ1) is 12.4. The Labute approximate surface area is 116 Å². The topological polar surface area (TPSA) is 68.0 Å². The lowest BCUT2D eigenvalue weighted by atomic mass is 9.74. The summed E-state index contributed by atoms with van der Waals surface area (Å²) in [6.45, 7) is 2.13. The van der Waals surface area contributed by atoms with Crippen molar-refractivity contribution in [3.05, 3.63) is 23.8 Å². The molecule has 1 heterocycles. The molecule has 0 aliphatic heterocycles. The van der Waals surface area contributed by atoms with E-state index in [-0.39, 0.29) is 11.4 Å². The summed E-state index contributed by atoms with van der Waals surface area (Å²) in [4.78, 5) is 16.5. The molecule has 19 heavy (non-hydrogen) atoms. The Morgan fingerprint density at radius 3 is 2.95 bits per heavy atom. The SMILES string of the molecule is CCC1(NC(=O)c2ccc3nc(N)sc3c2)CCC1. The van der Waals surface area contributed by atoms with E-state index in [1.165, 1.54) is 17.8 Å². The molecule has 4 nitrogen and oxygen atoms in total. The van der Waals surface area contributed by atoms with Crippen molar-refractivity contribution >= 4 is 32.6 Å². The van der Waals surface area contributed by atoms with Crippen LogP contribution in [0.5, 0.6) is 0 Å². The van der Waals surface area contributed by atoms with Gasteiger partial charge in [-0.3, -0.25) is 4.79 Å². The second-order valence-electron chi connectivity index (χ2n) is 5.18. The molecule has 1 saturated carbocycles. The lowest BCUT2D eigenvalue weighted by molar-refractivity contribution is 0.0820. The summed E-state index contributed by atoms with van der Waals surface area (Å²) in [7, 11) is 0. The molecule has 2 aromatic rings. The molecule has 0 radical (unpaired) electrons. The fraction of sp³-hybridized carbons (Fsp3) is 0.429. The number of carbonyl (C=O) groups excluding carboxylic acids is 1. The monoisotopic (exact) mass is 275 g/mol. The van der Waals surface area contributed by atoms with Gasteiger partial charge in [-0.05, 0) is 43.9 Å². The highest BCUT2D eigenvalue weighted by molar-refractivity contribution is 7.22. The van der Waals surface area contributed by atoms with Crippen molar-refractivity contribution in [2.75, 3.05) is 5.73 Å². The molecule has 100 valence electrons. The zero-order chi connectivity index (χ0) is 13.5. The van der Waals surface area contributed by atoms with E-state index in [9.17, 15) is 4.79 Å². The van der Waals surface area contributed by atoms with E-state index in [1.54, 1.807) is 0 Å². The fourth-order valence-electron chi connectivity index (χ4n) is 2.57. The van der Waals surface area contributed by atoms with Gasteiger partial charge in [0.05, 0.1) is 10.2 Å². The van der Waals surface area contributed by atoms with Crippen LogP contribution in [0.3, 0.4) is 0 Å². The maximum absolute atomic E-state index is 12.3. The normalized spacial score (nSPS) is 17.1. The van der Waals surface area contributed by atoms with Crippen LogP contribution in [0.15, 0.2) is 18.2 Å². The van der Waals surface area contributed by atoms with E-state index >= 15 is 0 Å². The Bertz CT molecular complexity index is 625. The Morgan fingerprint density at radius 1 is 1.53 bits per heavy atom. The van der Waals surface area contributed by atoms with Crippen molar-refractivity contribution in [2.24, 2.45) is 0 Å². The Kier molecular flexibility index (Phi) is 2.93. The van der Waals surface area contributed by atoms with Crippen molar-refractivity contribution < 1.29 is 4.79 Å². The van der Waals surface area contributed by atoms with E-state index in [2.05, 4.69) is 17.2 Å². The molecular formula is C14H17N3OS. The number of nitrogen functional groups attached to an aromatic ring is 1. The number of rotatable bonds is 3. The first-order valence-electron chi connectivity index (χ1n) is 6.60. The van der Waals surface area contributed by atoms with Crippen LogP contribution in [0, 0.1) is 0 Å². The minimum Gasteiger partial charge on any atom is -0.375 e. The Hall–Kier alpha value is -1.62. The van der Waals surface area contributed by atoms with Gasteiger partial charge < -0.3 is 11.1 Å². The predicted octanol–water partition coefficient (Wildman–Crippen LogP) is 2.94. The number of thiazole rings is 1. The highest BCUT2D eigenvalue weighted by atomic mass is 32.1. The minimum absolute atomic E-state index is 0.00965. The van der Waals surface area contributed by atoms with Crippen LogP contribution < -0.4 is 11.1 Å². The predicted molar refractivity (Wildman–Crippen MR) is 78.4 cm³/mol. The average molecular weight is 275 g/mol. The third-order valence-electron chi connectivity index (χ3n) is 4.03. The van der Waals surface area contributed by atoms with Crippen LogP contribution in [0.25, 0.3) is 10.2 Å². The van der Waals surface area contributed by atoms with Crippen molar-refractivity contribution in [3.63, 3.8) is 0 Å². The molecule has 5 heteroatoms. The van der Waals surface area contributed by atoms with Gasteiger partial charge in [-0.2, -0.15) is 0 Å². The summed E-state index contributed by atoms with van der Waals surface area (Å²) in [5.41, 5.74) is 7.25. The van der Waals surface area contributed by atoms with Gasteiger partial charge >= 0.3 is 0 Å². The third-order valence-corrected chi connectivity index (χ3v) is 4.88. The zero-order valence-electron chi connectivity index (χ0n) is 10.9. The summed E-state index contributed by atoms with van der Waals surface area (Å²) in [6, 6.07) is 5.55. The van der Waals surface area contributed by atoms with Crippen molar-refractivity contribution in [2.45, 2.75) is 38.1 Å². The van der Waals surface area contributed by atoms with Crippen LogP contribution in [-0.4, -0.2) is 16.4 Å². The van der Waals surface area contributed by atoms with Gasteiger partial charge in [-0.25, -0.2) is 4.98 Å². The molecule has 0 atom stereocenters. The number of nitrogens with one attached hydrogen (secondary N) is 1. The minimum atomic E-state index is 0.00965. The summed E-state index contributed by atoms with van der Waals surface area (Å²) in [6.07, 6.45) is 4.38. The highest BCUT2D eigenvalue weighted by Crippen LogP contribution is 2.35. The van der Waals surface area contributed by atoms with Crippen LogP contribution in [0.1, 0.15) is 43.0 Å². The molecule has 3 rings (SSSR count). The third kappa shape index (κ3) is 2.18. The van der Waals surface area contributed by atoms with Crippen molar-refractivity contribution in [1.29, 1.82) is 0 Å². The van der Waals surface area contributed by atoms with Crippen LogP contribution >= 0.6 is 11.3 Å². The lowest BCUT2D eigenvalue weighted by Crippen LogP contribution is -2.52. The smallest absolute Gasteiger partial charge is 0.251 e. The number of amides is 1. The molecule has 0 saturated heterocycles. The Morgan fingerprint density at radius 2 is 2.32 bits per heavy atom. The summed E-state index contributed by atoms with van der Waals surface area (Å²) >= 11 is 1.41. The van der Waals surface area contributed by atoms with E-state index in [0.29, 0.717) is 10.7 Å². The summed E-state index contributed by atoms with van der Waals surface area (Å²) < 4.78 is 0.962. The molecule has 1 aliphatic carbocycles. The number of carbonyl (C=O) groups is 1. The van der Waals surface area contributed by atoms with E-state index in [0.717, 1.165) is 29.5 Å². The largest absolute Gasteiger partial charge is 0.375 e. The standard InChI is InChI=1S/C14H17N3OS/c1-2-14(6-3-7-14)17-12(18)9-4-5-10-11(8-9)19-13(15)16-10/h4-5,8H,2-3,6-7H2,1H3,(H2,15,16)(H,17,18). The highest BCUT2D eigenvalue weighted by Gasteiger charge is 2.36. The molecule has 1 aromatic heterocycles. The van der Waals surface area contributed by atoms with Crippen LogP contribution in [0.4, 0.5) is 5.13 Å². The summed E-state index contributed by atoms with van der Waals surface area (Å²) in [5, 5.41) is 3.72. The van der Waals surface area contributed by atoms with Crippen molar-refractivity contribution in [3.8, 4) is 0 Å². The maximum atomic E-state index is 12.3. The van der Waals surface area contributed by atoms with Gasteiger partial charge in [0.25, 0.3) is 5.91 Å². The van der Waals surface area contributed by atoms with E-state index in [1.807, 2.05) is 18.2 Å². The van der Waals surface area contributed by atoms with Crippen molar-refractivity contribution in [1.82, 2.24) is 10.3 Å². The molecule has 1 amide bonds. The van der Waals surface area contributed by atoms with Gasteiger partial charge in [0.2, 0.25) is 0 Å². The summed E-state index contributed by atoms with van der Waals surface area (Å²) in [5.74, 6) is 0.00965. The number of hydrogen-bond donors (Lipinski definition) is 2. The number of nitrogens with two attached hydrogens (primary N) is 1. The lowest BCUT2D eigenvalue weighted by Gasteiger charge is -2.42. The first-order chi connectivity index (χ1) is 9.12. The van der Waals surface area contributed by atoms with E-state index in [4.69, 9.17) is 5.73 Å². The second-order valence-corrected chi connectivity index (χ2v) is 6.24. The first-order valence-corrected chi connectivity index (χ1v) is 7.42. The number of hydrogen-bond acceptors (Lipinski definition) is 4. The van der Waals surface area contributed by atoms with E-state index < -0.39 is 0 Å². The number of anilines is 1. The quantitative estimate of drug-likeness (QED) is 0.905. The van der Waals surface area contributed by atoms with Gasteiger partial charge in [0.1, 0.15) is 0 Å². The molecule has 0 spiro atoms. The molecule has 1 aliphatic rings. The van der Waals surface area contributed by atoms with Gasteiger partial charge in [0, 0.05) is 11.1 Å². The molecule has 0 unspecified atom stereocenters. The van der Waals surface area contributed by atoms with Gasteiger partial charge in [-0.1, -0.05) is 18.3 Å². The molecule has 1 aromatic carbocycles.